The quantitative estimate of drug-likeness (QED) is 0.422. The SMILES string of the molecule is Cc1ccc(NC(=O)/C(C#N)=C2\S[C@@H](Cc3ccc(F)cc3)C(=O)N2c2ccccc2)cc1. The molecule has 0 bridgehead atoms. The predicted octanol–water partition coefficient (Wildman–Crippen LogP) is 5.20. The van der Waals surface area contributed by atoms with Gasteiger partial charge in [-0.3, -0.25) is 14.5 Å². The van der Waals surface area contributed by atoms with E-state index in [2.05, 4.69) is 5.32 Å². The number of nitriles is 1. The molecule has 1 aliphatic rings. The fraction of sp³-hybridized carbons (Fsp3) is 0.115. The molecule has 0 spiro atoms. The van der Waals surface area contributed by atoms with Crippen LogP contribution in [0.4, 0.5) is 15.8 Å². The van der Waals surface area contributed by atoms with E-state index in [0.29, 0.717) is 17.8 Å². The van der Waals surface area contributed by atoms with E-state index in [1.807, 2.05) is 31.2 Å². The van der Waals surface area contributed by atoms with Gasteiger partial charge in [-0.2, -0.15) is 5.26 Å². The second-order valence-electron chi connectivity index (χ2n) is 7.56. The van der Waals surface area contributed by atoms with Crippen LogP contribution in [0.5, 0.6) is 0 Å². The molecule has 5 nitrogen and oxygen atoms in total. The molecule has 7 heteroatoms. The summed E-state index contributed by atoms with van der Waals surface area (Å²) in [6, 6.07) is 24.1. The number of benzene rings is 3. The maximum Gasteiger partial charge on any atom is 0.269 e. The molecule has 2 amide bonds. The predicted molar refractivity (Wildman–Crippen MR) is 128 cm³/mol. The number of carbonyl (C=O) groups excluding carboxylic acids is 2. The first kappa shape index (κ1) is 22.3. The van der Waals surface area contributed by atoms with Crippen LogP contribution in [0.1, 0.15) is 11.1 Å². The van der Waals surface area contributed by atoms with Gasteiger partial charge in [-0.15, -0.1) is 0 Å². The Morgan fingerprint density at radius 2 is 1.73 bits per heavy atom. The molecule has 1 saturated heterocycles. The summed E-state index contributed by atoms with van der Waals surface area (Å²) in [7, 11) is 0. The molecule has 4 rings (SSSR count). The van der Waals surface area contributed by atoms with Crippen LogP contribution in [-0.2, 0) is 16.0 Å². The molecule has 1 aliphatic heterocycles. The Morgan fingerprint density at radius 1 is 1.06 bits per heavy atom. The first-order chi connectivity index (χ1) is 16.0. The van der Waals surface area contributed by atoms with Crippen molar-refractivity contribution in [1.29, 1.82) is 5.26 Å². The van der Waals surface area contributed by atoms with Crippen molar-refractivity contribution in [3.05, 3.63) is 106 Å². The summed E-state index contributed by atoms with van der Waals surface area (Å²) in [6.07, 6.45) is 0.342. The van der Waals surface area contributed by atoms with Crippen molar-refractivity contribution < 1.29 is 14.0 Å². The molecule has 0 aromatic heterocycles. The number of amides is 2. The molecule has 1 fully saturated rings. The zero-order valence-electron chi connectivity index (χ0n) is 17.8. The lowest BCUT2D eigenvalue weighted by Crippen LogP contribution is -2.30. The first-order valence-electron chi connectivity index (χ1n) is 10.3. The molecule has 0 aliphatic carbocycles. The van der Waals surface area contributed by atoms with Crippen LogP contribution in [0.25, 0.3) is 0 Å². The van der Waals surface area contributed by atoms with Gasteiger partial charge in [0.2, 0.25) is 5.91 Å². The number of hydrogen-bond acceptors (Lipinski definition) is 4. The standard InChI is InChI=1S/C26H20FN3O2S/c1-17-7-13-20(14-8-17)29-24(31)22(16-28)26-30(21-5-3-2-4-6-21)25(32)23(33-26)15-18-9-11-19(27)12-10-18/h2-14,23H,15H2,1H3,(H,29,31)/b26-22-/t23-/m0/s1. The van der Waals surface area contributed by atoms with Gasteiger partial charge in [0.25, 0.3) is 5.91 Å². The minimum atomic E-state index is -0.583. The molecule has 1 heterocycles. The maximum atomic E-state index is 13.4. The minimum Gasteiger partial charge on any atom is -0.321 e. The Bertz CT molecular complexity index is 1250. The van der Waals surface area contributed by atoms with Gasteiger partial charge in [0, 0.05) is 11.4 Å². The number of para-hydroxylation sites is 1. The monoisotopic (exact) mass is 457 g/mol. The number of halogens is 1. The van der Waals surface area contributed by atoms with Gasteiger partial charge >= 0.3 is 0 Å². The zero-order chi connectivity index (χ0) is 23.4. The average molecular weight is 458 g/mol. The van der Waals surface area contributed by atoms with Crippen molar-refractivity contribution in [2.75, 3.05) is 10.2 Å². The smallest absolute Gasteiger partial charge is 0.269 e. The number of carbonyl (C=O) groups is 2. The van der Waals surface area contributed by atoms with Crippen molar-refractivity contribution in [3.8, 4) is 6.07 Å². The van der Waals surface area contributed by atoms with Crippen LogP contribution in [0.2, 0.25) is 0 Å². The highest BCUT2D eigenvalue weighted by Gasteiger charge is 2.40. The van der Waals surface area contributed by atoms with Gasteiger partial charge in [-0.1, -0.05) is 59.8 Å². The summed E-state index contributed by atoms with van der Waals surface area (Å²) in [4.78, 5) is 27.8. The Hall–Kier alpha value is -3.89. The normalized spacial score (nSPS) is 16.9. The van der Waals surface area contributed by atoms with Crippen LogP contribution in [-0.4, -0.2) is 17.1 Å². The molecule has 0 radical (unpaired) electrons. The molecule has 0 saturated carbocycles. The van der Waals surface area contributed by atoms with E-state index in [4.69, 9.17) is 0 Å². The largest absolute Gasteiger partial charge is 0.321 e. The molecule has 3 aromatic rings. The topological polar surface area (TPSA) is 73.2 Å². The second-order valence-corrected chi connectivity index (χ2v) is 8.75. The third-order valence-electron chi connectivity index (χ3n) is 5.16. The summed E-state index contributed by atoms with van der Waals surface area (Å²) < 4.78 is 13.3. The summed E-state index contributed by atoms with van der Waals surface area (Å²) in [5, 5.41) is 12.3. The van der Waals surface area contributed by atoms with E-state index < -0.39 is 11.2 Å². The number of hydrogen-bond donors (Lipinski definition) is 1. The molecule has 3 aromatic carbocycles. The number of anilines is 2. The van der Waals surface area contributed by atoms with Gasteiger partial charge in [0.15, 0.2) is 0 Å². The van der Waals surface area contributed by atoms with E-state index in [-0.39, 0.29) is 22.3 Å². The number of rotatable bonds is 5. The van der Waals surface area contributed by atoms with Gasteiger partial charge in [0.05, 0.1) is 5.25 Å². The lowest BCUT2D eigenvalue weighted by Gasteiger charge is -2.18. The van der Waals surface area contributed by atoms with Crippen molar-refractivity contribution in [3.63, 3.8) is 0 Å². The van der Waals surface area contributed by atoms with Crippen LogP contribution in [0.15, 0.2) is 89.5 Å². The summed E-state index contributed by atoms with van der Waals surface area (Å²) in [5.74, 6) is -1.17. The van der Waals surface area contributed by atoms with Gasteiger partial charge in [0.1, 0.15) is 22.5 Å². The van der Waals surface area contributed by atoms with Crippen LogP contribution in [0, 0.1) is 24.1 Å². The molecule has 1 N–H and O–H groups in total. The van der Waals surface area contributed by atoms with Crippen LogP contribution in [0.3, 0.4) is 0 Å². The molecule has 0 unspecified atom stereocenters. The van der Waals surface area contributed by atoms with E-state index in [1.54, 1.807) is 48.5 Å². The van der Waals surface area contributed by atoms with Crippen molar-refractivity contribution in [2.45, 2.75) is 18.6 Å². The number of nitrogens with zero attached hydrogens (tertiary/aromatic N) is 2. The van der Waals surface area contributed by atoms with E-state index in [1.165, 1.54) is 28.8 Å². The lowest BCUT2D eigenvalue weighted by atomic mass is 10.1. The zero-order valence-corrected chi connectivity index (χ0v) is 18.6. The number of thioether (sulfide) groups is 1. The second kappa shape index (κ2) is 9.72. The summed E-state index contributed by atoms with van der Waals surface area (Å²) in [6.45, 7) is 1.94. The van der Waals surface area contributed by atoms with Crippen molar-refractivity contribution >= 4 is 35.0 Å². The van der Waals surface area contributed by atoms with Gasteiger partial charge in [-0.25, -0.2) is 4.39 Å². The first-order valence-corrected chi connectivity index (χ1v) is 11.2. The highest BCUT2D eigenvalue weighted by Crippen LogP contribution is 2.42. The number of aryl methyl sites for hydroxylation is 1. The Balaban J connectivity index is 1.70. The highest BCUT2D eigenvalue weighted by atomic mass is 32.2. The fourth-order valence-corrected chi connectivity index (χ4v) is 4.77. The summed E-state index contributed by atoms with van der Waals surface area (Å²) >= 11 is 1.17. The molecule has 1 atom stereocenters. The Kier molecular flexibility index (Phi) is 6.57. The van der Waals surface area contributed by atoms with Crippen molar-refractivity contribution in [1.82, 2.24) is 0 Å². The number of nitrogens with one attached hydrogen (secondary N) is 1. The average Bonchev–Trinajstić information content (AvgIpc) is 3.13. The summed E-state index contributed by atoms with van der Waals surface area (Å²) in [5.41, 5.74) is 2.83. The van der Waals surface area contributed by atoms with Gasteiger partial charge < -0.3 is 5.32 Å². The Labute approximate surface area is 195 Å². The van der Waals surface area contributed by atoms with E-state index in [0.717, 1.165) is 11.1 Å². The van der Waals surface area contributed by atoms with E-state index in [9.17, 15) is 19.2 Å². The third-order valence-corrected chi connectivity index (χ3v) is 6.43. The van der Waals surface area contributed by atoms with E-state index >= 15 is 0 Å². The highest BCUT2D eigenvalue weighted by molar-refractivity contribution is 8.05. The fourth-order valence-electron chi connectivity index (χ4n) is 3.46. The molecular weight excluding hydrogens is 437 g/mol. The molecule has 33 heavy (non-hydrogen) atoms. The van der Waals surface area contributed by atoms with Gasteiger partial charge in [-0.05, 0) is 55.3 Å². The minimum absolute atomic E-state index is 0.139. The lowest BCUT2D eigenvalue weighted by molar-refractivity contribution is -0.117. The molecular formula is C26H20FN3O2S. The maximum absolute atomic E-state index is 13.4. The Morgan fingerprint density at radius 3 is 2.36 bits per heavy atom. The molecule has 164 valence electrons. The third kappa shape index (κ3) is 4.97. The van der Waals surface area contributed by atoms with Crippen LogP contribution >= 0.6 is 11.8 Å². The van der Waals surface area contributed by atoms with Crippen molar-refractivity contribution in [2.24, 2.45) is 0 Å². The van der Waals surface area contributed by atoms with Crippen LogP contribution < -0.4 is 10.2 Å².